The summed E-state index contributed by atoms with van der Waals surface area (Å²) in [6.45, 7) is 6.37. The fraction of sp³-hybridized carbons (Fsp3) is 0.720. The van der Waals surface area contributed by atoms with Crippen LogP contribution in [0.15, 0.2) is 109 Å². The monoisotopic (exact) mass is 1120 g/mol. The number of carbonyl (C=O) groups excluding carboxylic acids is 3. The van der Waals surface area contributed by atoms with Gasteiger partial charge in [0.1, 0.15) is 13.2 Å². The second-order valence-corrected chi connectivity index (χ2v) is 22.7. The van der Waals surface area contributed by atoms with Crippen molar-refractivity contribution >= 4 is 17.9 Å². The lowest BCUT2D eigenvalue weighted by Crippen LogP contribution is -2.30. The molecule has 0 spiro atoms. The lowest BCUT2D eigenvalue weighted by atomic mass is 10.0. The summed E-state index contributed by atoms with van der Waals surface area (Å²) in [5, 5.41) is 0. The van der Waals surface area contributed by atoms with Crippen LogP contribution in [0.2, 0.25) is 0 Å². The molecule has 1 atom stereocenters. The molecule has 0 bridgehead atoms. The largest absolute Gasteiger partial charge is 0.462 e. The van der Waals surface area contributed by atoms with Gasteiger partial charge in [-0.05, 0) is 89.9 Å². The molecular weight excluding hydrogens is 997 g/mol. The van der Waals surface area contributed by atoms with Gasteiger partial charge in [0.25, 0.3) is 0 Å². The molecule has 1 unspecified atom stereocenters. The minimum absolute atomic E-state index is 0.113. The van der Waals surface area contributed by atoms with Crippen LogP contribution < -0.4 is 0 Å². The van der Waals surface area contributed by atoms with Crippen molar-refractivity contribution in [1.29, 1.82) is 0 Å². The van der Waals surface area contributed by atoms with Gasteiger partial charge in [0.05, 0.1) is 0 Å². The van der Waals surface area contributed by atoms with Gasteiger partial charge in [0, 0.05) is 19.3 Å². The number of unbranched alkanes of at least 4 members (excludes halogenated alkanes) is 33. The fourth-order valence-electron chi connectivity index (χ4n) is 9.72. The van der Waals surface area contributed by atoms with Crippen molar-refractivity contribution in [2.75, 3.05) is 13.2 Å². The molecule has 0 rings (SSSR count). The van der Waals surface area contributed by atoms with Crippen molar-refractivity contribution < 1.29 is 28.6 Å². The molecule has 0 radical (unpaired) electrons. The minimum atomic E-state index is -0.828. The Kier molecular flexibility index (Phi) is 65.2. The lowest BCUT2D eigenvalue weighted by molar-refractivity contribution is -0.166. The molecule has 0 amide bonds. The summed E-state index contributed by atoms with van der Waals surface area (Å²) < 4.78 is 16.9. The van der Waals surface area contributed by atoms with Crippen molar-refractivity contribution in [3.63, 3.8) is 0 Å². The fourth-order valence-corrected chi connectivity index (χ4v) is 9.72. The number of ether oxygens (including phenoxy) is 3. The van der Waals surface area contributed by atoms with E-state index in [1.165, 1.54) is 167 Å². The van der Waals surface area contributed by atoms with Gasteiger partial charge in [-0.25, -0.2) is 0 Å². The first kappa shape index (κ1) is 77.1. The summed E-state index contributed by atoms with van der Waals surface area (Å²) in [6.07, 6.45) is 94.3. The molecule has 0 aliphatic rings. The number of hydrogen-bond donors (Lipinski definition) is 0. The third-order valence-corrected chi connectivity index (χ3v) is 14.8. The Bertz CT molecular complexity index is 1620. The van der Waals surface area contributed by atoms with Crippen LogP contribution in [0.3, 0.4) is 0 Å². The van der Waals surface area contributed by atoms with E-state index in [1.807, 2.05) is 6.08 Å². The highest BCUT2D eigenvalue weighted by Crippen LogP contribution is 2.18. The zero-order valence-corrected chi connectivity index (χ0v) is 53.3. The Balaban J connectivity index is 4.33. The van der Waals surface area contributed by atoms with Crippen molar-refractivity contribution in [2.45, 2.75) is 335 Å². The van der Waals surface area contributed by atoms with Gasteiger partial charge in [0.15, 0.2) is 6.10 Å². The highest BCUT2D eigenvalue weighted by molar-refractivity contribution is 5.71. The first-order chi connectivity index (χ1) is 40.0. The van der Waals surface area contributed by atoms with Crippen molar-refractivity contribution in [1.82, 2.24) is 0 Å². The van der Waals surface area contributed by atoms with Crippen LogP contribution in [0.4, 0.5) is 0 Å². The smallest absolute Gasteiger partial charge is 0.306 e. The summed E-state index contributed by atoms with van der Waals surface area (Å²) in [5.41, 5.74) is 0. The van der Waals surface area contributed by atoms with Gasteiger partial charge in [-0.2, -0.15) is 0 Å². The molecule has 0 aliphatic heterocycles. The van der Waals surface area contributed by atoms with Crippen LogP contribution in [0.25, 0.3) is 0 Å². The van der Waals surface area contributed by atoms with Crippen LogP contribution >= 0.6 is 0 Å². The third-order valence-electron chi connectivity index (χ3n) is 14.8. The third kappa shape index (κ3) is 66.8. The molecule has 0 N–H and O–H groups in total. The van der Waals surface area contributed by atoms with Gasteiger partial charge in [0.2, 0.25) is 0 Å². The molecule has 6 heteroatoms. The van der Waals surface area contributed by atoms with Crippen LogP contribution in [0.1, 0.15) is 329 Å². The Labute approximate surface area is 501 Å². The summed E-state index contributed by atoms with van der Waals surface area (Å²) in [5.74, 6) is -1.01. The predicted octanol–water partition coefficient (Wildman–Crippen LogP) is 23.8. The Morgan fingerprint density at radius 2 is 0.506 bits per heavy atom. The summed E-state index contributed by atoms with van der Waals surface area (Å²) in [4.78, 5) is 38.3. The lowest BCUT2D eigenvalue weighted by Gasteiger charge is -2.18. The first-order valence-electron chi connectivity index (χ1n) is 34.4. The second-order valence-electron chi connectivity index (χ2n) is 22.7. The van der Waals surface area contributed by atoms with Gasteiger partial charge < -0.3 is 14.2 Å². The van der Waals surface area contributed by atoms with Crippen LogP contribution in [-0.4, -0.2) is 37.2 Å². The molecule has 0 aromatic carbocycles. The standard InChI is InChI=1S/C75H128O6/c1-4-7-10-13-16-19-22-25-28-30-32-33-34-35-36-37-38-39-40-41-43-44-47-50-53-56-59-62-65-68-74(77)80-71-72(70-79-73(76)67-64-61-58-55-52-49-46-27-24-21-18-15-12-9-6-3)81-75(78)69-66-63-60-57-54-51-48-45-42-31-29-26-23-20-17-14-11-8-5-2/h8-9,11-12,17-18,20-21,26-27,29,42,45-46,51,54,60,63,72H,4-7,10,13-16,19,22-25,28,30-41,43-44,47-50,52-53,55-59,61-62,64-71H2,1-3H3/b11-8-,12-9-,20-17-,21-18-,29-26-,45-42-,46-27-,54-51-,63-60-. The second kappa shape index (κ2) is 68.6. The van der Waals surface area contributed by atoms with E-state index in [4.69, 9.17) is 14.2 Å². The van der Waals surface area contributed by atoms with E-state index in [2.05, 4.69) is 124 Å². The molecule has 0 aliphatic carbocycles. The van der Waals surface area contributed by atoms with Crippen LogP contribution in [0.5, 0.6) is 0 Å². The molecule has 464 valence electrons. The number of allylic oxidation sites excluding steroid dienone is 18. The minimum Gasteiger partial charge on any atom is -0.462 e. The molecule has 0 saturated heterocycles. The summed E-state index contributed by atoms with van der Waals surface area (Å²) in [6, 6.07) is 0. The molecule has 0 aromatic heterocycles. The van der Waals surface area contributed by atoms with Crippen molar-refractivity contribution in [3.05, 3.63) is 109 Å². The maximum Gasteiger partial charge on any atom is 0.306 e. The van der Waals surface area contributed by atoms with E-state index in [0.717, 1.165) is 116 Å². The van der Waals surface area contributed by atoms with E-state index >= 15 is 0 Å². The predicted molar refractivity (Wildman–Crippen MR) is 353 cm³/mol. The SMILES string of the molecule is CC/C=C\C/C=C\C/C=C\C/C=C\C/C=C\C/C=C\CCC(=O)OC(COC(=O)CCCCCCC/C=C\C/C=C\C/C=C\CC)COC(=O)CCCCCCCCCCCCCCCCCCCCCCCCCCCCCCC. The van der Waals surface area contributed by atoms with E-state index in [1.54, 1.807) is 0 Å². The quantitative estimate of drug-likeness (QED) is 0.0261. The topological polar surface area (TPSA) is 78.9 Å². The number of esters is 3. The normalized spacial score (nSPS) is 12.8. The van der Waals surface area contributed by atoms with Gasteiger partial charge >= 0.3 is 17.9 Å². The van der Waals surface area contributed by atoms with E-state index in [0.29, 0.717) is 19.3 Å². The molecule has 6 nitrogen and oxygen atoms in total. The average Bonchev–Trinajstić information content (AvgIpc) is 3.47. The number of rotatable bonds is 62. The zero-order chi connectivity index (χ0) is 58.5. The van der Waals surface area contributed by atoms with Crippen molar-refractivity contribution in [3.8, 4) is 0 Å². The van der Waals surface area contributed by atoms with E-state index in [9.17, 15) is 14.4 Å². The summed E-state index contributed by atoms with van der Waals surface area (Å²) in [7, 11) is 0. The average molecular weight is 1130 g/mol. The van der Waals surface area contributed by atoms with Crippen molar-refractivity contribution in [2.24, 2.45) is 0 Å². The molecule has 81 heavy (non-hydrogen) atoms. The Morgan fingerprint density at radius 1 is 0.259 bits per heavy atom. The maximum absolute atomic E-state index is 12.9. The van der Waals surface area contributed by atoms with Gasteiger partial charge in [-0.3, -0.25) is 14.4 Å². The molecular formula is C75H128O6. The Morgan fingerprint density at radius 3 is 0.802 bits per heavy atom. The molecule has 0 heterocycles. The highest BCUT2D eigenvalue weighted by Gasteiger charge is 2.19. The summed E-state index contributed by atoms with van der Waals surface area (Å²) >= 11 is 0. The number of carbonyl (C=O) groups is 3. The molecule has 0 saturated carbocycles. The highest BCUT2D eigenvalue weighted by atomic mass is 16.6. The molecule has 0 fully saturated rings. The first-order valence-corrected chi connectivity index (χ1v) is 34.4. The van der Waals surface area contributed by atoms with Gasteiger partial charge in [-0.15, -0.1) is 0 Å². The Hall–Kier alpha value is -3.93. The molecule has 0 aromatic rings. The van der Waals surface area contributed by atoms with Crippen LogP contribution in [-0.2, 0) is 28.6 Å². The van der Waals surface area contributed by atoms with E-state index in [-0.39, 0.29) is 31.6 Å². The number of hydrogen-bond acceptors (Lipinski definition) is 6. The van der Waals surface area contributed by atoms with Gasteiger partial charge in [-0.1, -0.05) is 329 Å². The maximum atomic E-state index is 12.9. The van der Waals surface area contributed by atoms with Crippen LogP contribution in [0, 0.1) is 0 Å². The van der Waals surface area contributed by atoms with E-state index < -0.39 is 12.1 Å². The zero-order valence-electron chi connectivity index (χ0n) is 53.3.